The van der Waals surface area contributed by atoms with Crippen LogP contribution in [0.3, 0.4) is 0 Å². The molecule has 0 N–H and O–H groups in total. The van der Waals surface area contributed by atoms with Crippen LogP contribution in [0.25, 0.3) is 0 Å². The van der Waals surface area contributed by atoms with E-state index in [0.717, 1.165) is 5.21 Å². The van der Waals surface area contributed by atoms with Crippen molar-refractivity contribution < 1.29 is 0 Å². The zero-order valence-electron chi connectivity index (χ0n) is 15.5. The number of hydrogen-bond acceptors (Lipinski definition) is 0. The molecule has 0 heterocycles. The number of rotatable bonds is 8. The SMILES string of the molecule is CCCCCC[As](Cl)(c1ccccc1)(c1ccccc1)c1ccccc1. The van der Waals surface area contributed by atoms with E-state index in [1.807, 2.05) is 0 Å². The van der Waals surface area contributed by atoms with Gasteiger partial charge in [0.15, 0.2) is 0 Å². The maximum atomic E-state index is 8.03. The van der Waals surface area contributed by atoms with Crippen molar-refractivity contribution in [2.24, 2.45) is 0 Å². The maximum absolute atomic E-state index is 8.03. The second-order valence-corrected chi connectivity index (χ2v) is 20.0. The fourth-order valence-electron chi connectivity index (χ4n) is 3.89. The topological polar surface area (TPSA) is 0 Å². The Labute approximate surface area is 163 Å². The fourth-order valence-corrected chi connectivity index (χ4v) is 16.5. The van der Waals surface area contributed by atoms with Gasteiger partial charge in [-0.3, -0.25) is 0 Å². The fraction of sp³-hybridized carbons (Fsp3) is 0.250. The molecule has 136 valence electrons. The van der Waals surface area contributed by atoms with Crippen molar-refractivity contribution >= 4 is 34.5 Å². The second kappa shape index (κ2) is 8.47. The van der Waals surface area contributed by atoms with Gasteiger partial charge < -0.3 is 0 Å². The predicted octanol–water partition coefficient (Wildman–Crippen LogP) is 5.43. The minimum atomic E-state index is -3.73. The van der Waals surface area contributed by atoms with Gasteiger partial charge in [-0.15, -0.1) is 0 Å². The van der Waals surface area contributed by atoms with Crippen molar-refractivity contribution in [3.63, 3.8) is 0 Å². The molecule has 0 saturated heterocycles. The molecule has 0 spiro atoms. The summed E-state index contributed by atoms with van der Waals surface area (Å²) in [4.78, 5) is 0. The third kappa shape index (κ3) is 3.50. The van der Waals surface area contributed by atoms with E-state index in [-0.39, 0.29) is 0 Å². The zero-order chi connectivity index (χ0) is 18.3. The molecule has 0 aliphatic rings. The van der Waals surface area contributed by atoms with Gasteiger partial charge in [-0.05, 0) is 0 Å². The van der Waals surface area contributed by atoms with E-state index in [9.17, 15) is 0 Å². The van der Waals surface area contributed by atoms with E-state index in [0.29, 0.717) is 0 Å². The van der Waals surface area contributed by atoms with Crippen LogP contribution in [0.1, 0.15) is 32.6 Å². The minimum absolute atomic E-state index is 1.05. The average molecular weight is 427 g/mol. The van der Waals surface area contributed by atoms with Crippen LogP contribution < -0.4 is 13.1 Å². The van der Waals surface area contributed by atoms with Crippen molar-refractivity contribution in [3.8, 4) is 0 Å². The van der Waals surface area contributed by atoms with Crippen molar-refractivity contribution in [1.29, 1.82) is 0 Å². The van der Waals surface area contributed by atoms with Crippen molar-refractivity contribution in [2.45, 2.75) is 37.8 Å². The molecule has 26 heavy (non-hydrogen) atoms. The van der Waals surface area contributed by atoms with Crippen LogP contribution in [0, 0.1) is 0 Å². The first kappa shape index (κ1) is 19.3. The molecule has 0 unspecified atom stereocenters. The number of halogens is 1. The normalized spacial score (nSPS) is 13.1. The van der Waals surface area contributed by atoms with Gasteiger partial charge in [0, 0.05) is 0 Å². The second-order valence-electron chi connectivity index (χ2n) is 6.97. The monoisotopic (exact) mass is 426 g/mol. The summed E-state index contributed by atoms with van der Waals surface area (Å²) in [5.41, 5.74) is 0. The van der Waals surface area contributed by atoms with Gasteiger partial charge in [0.1, 0.15) is 0 Å². The van der Waals surface area contributed by atoms with Crippen LogP contribution in [0.4, 0.5) is 0 Å². The molecule has 0 fully saturated rings. The standard InChI is InChI=1S/C24H28AsCl/c1-2-3-4-14-21-25(26,22-15-8-5-9-16-22,23-17-10-6-11-18-23)24-19-12-7-13-20-24/h5-13,15-20H,2-4,14,21H2,1H3. The van der Waals surface area contributed by atoms with Gasteiger partial charge in [-0.25, -0.2) is 0 Å². The molecule has 2 heteroatoms. The number of benzene rings is 3. The van der Waals surface area contributed by atoms with Gasteiger partial charge in [-0.2, -0.15) is 0 Å². The molecule has 0 amide bonds. The van der Waals surface area contributed by atoms with Crippen LogP contribution in [-0.4, -0.2) is 11.5 Å². The third-order valence-corrected chi connectivity index (χ3v) is 20.3. The Morgan fingerprint density at radius 3 is 1.31 bits per heavy atom. The average Bonchev–Trinajstić information content (AvgIpc) is 2.73. The molecule has 0 aromatic heterocycles. The van der Waals surface area contributed by atoms with Crippen LogP contribution in [-0.2, 0) is 0 Å². The predicted molar refractivity (Wildman–Crippen MR) is 119 cm³/mol. The quantitative estimate of drug-likeness (QED) is 0.333. The molecule has 0 aliphatic heterocycles. The molecule has 0 bridgehead atoms. The number of hydrogen-bond donors (Lipinski definition) is 0. The summed E-state index contributed by atoms with van der Waals surface area (Å²) >= 11 is -3.73. The van der Waals surface area contributed by atoms with Crippen molar-refractivity contribution in [3.05, 3.63) is 91.0 Å². The summed E-state index contributed by atoms with van der Waals surface area (Å²) in [5, 5.41) is 1.05. The van der Waals surface area contributed by atoms with Gasteiger partial charge in [0.2, 0.25) is 0 Å². The third-order valence-electron chi connectivity index (χ3n) is 5.32. The zero-order valence-corrected chi connectivity index (χ0v) is 18.2. The van der Waals surface area contributed by atoms with Gasteiger partial charge in [0.25, 0.3) is 0 Å². The summed E-state index contributed by atoms with van der Waals surface area (Å²) in [6.07, 6.45) is 4.93. The number of unbranched alkanes of at least 4 members (excludes halogenated alkanes) is 3. The summed E-state index contributed by atoms with van der Waals surface area (Å²) in [7, 11) is 8.03. The van der Waals surface area contributed by atoms with Gasteiger partial charge in [-0.1, -0.05) is 0 Å². The van der Waals surface area contributed by atoms with E-state index in [4.69, 9.17) is 9.95 Å². The van der Waals surface area contributed by atoms with Crippen LogP contribution >= 0.6 is 9.95 Å². The van der Waals surface area contributed by atoms with E-state index in [1.54, 1.807) is 0 Å². The first-order valence-corrected chi connectivity index (χ1v) is 16.2. The molecule has 0 atom stereocenters. The molecule has 3 rings (SSSR count). The molecular formula is C24H28AsCl. The van der Waals surface area contributed by atoms with E-state index < -0.39 is 11.5 Å². The molecular weight excluding hydrogens is 399 g/mol. The van der Waals surface area contributed by atoms with E-state index in [2.05, 4.69) is 97.9 Å². The van der Waals surface area contributed by atoms with E-state index in [1.165, 1.54) is 38.7 Å². The van der Waals surface area contributed by atoms with E-state index >= 15 is 0 Å². The Kier molecular flexibility index (Phi) is 6.28. The Balaban J connectivity index is 2.24. The Bertz CT molecular complexity index is 700. The summed E-state index contributed by atoms with van der Waals surface area (Å²) in [6.45, 7) is 2.26. The molecule has 0 saturated carbocycles. The van der Waals surface area contributed by atoms with Crippen LogP contribution in [0.5, 0.6) is 0 Å². The molecule has 3 aromatic carbocycles. The Morgan fingerprint density at radius 1 is 0.577 bits per heavy atom. The van der Waals surface area contributed by atoms with Crippen molar-refractivity contribution in [1.82, 2.24) is 0 Å². The van der Waals surface area contributed by atoms with Gasteiger partial charge >= 0.3 is 163 Å². The first-order valence-electron chi connectivity index (χ1n) is 9.60. The van der Waals surface area contributed by atoms with Crippen molar-refractivity contribution in [2.75, 3.05) is 0 Å². The first-order chi connectivity index (χ1) is 12.7. The van der Waals surface area contributed by atoms with Crippen LogP contribution in [0.15, 0.2) is 91.0 Å². The van der Waals surface area contributed by atoms with Crippen LogP contribution in [0.2, 0.25) is 5.21 Å². The summed E-state index contributed by atoms with van der Waals surface area (Å²) in [6, 6.07) is 32.6. The summed E-state index contributed by atoms with van der Waals surface area (Å²) in [5.74, 6) is 0. The molecule has 0 aliphatic carbocycles. The Hall–Kier alpha value is -1.49. The Morgan fingerprint density at radius 2 is 0.962 bits per heavy atom. The van der Waals surface area contributed by atoms with Gasteiger partial charge in [0.05, 0.1) is 0 Å². The molecule has 0 radical (unpaired) electrons. The molecule has 0 nitrogen and oxygen atoms in total. The summed E-state index contributed by atoms with van der Waals surface area (Å²) < 4.78 is 3.96. The molecule has 3 aromatic rings.